The third kappa shape index (κ3) is 5.24. The Morgan fingerprint density at radius 3 is 2.54 bits per heavy atom. The van der Waals surface area contributed by atoms with Crippen molar-refractivity contribution in [2.45, 2.75) is 51.6 Å². The van der Waals surface area contributed by atoms with Crippen LogP contribution in [0, 0.1) is 11.8 Å². The molecule has 0 aliphatic carbocycles. The average molecular weight is 396 g/mol. The smallest absolute Gasteiger partial charge is 0.262 e. The van der Waals surface area contributed by atoms with Gasteiger partial charge >= 0.3 is 0 Å². The van der Waals surface area contributed by atoms with E-state index in [1.165, 1.54) is 11.8 Å². The van der Waals surface area contributed by atoms with Gasteiger partial charge < -0.3 is 5.32 Å². The molecular weight excluding hydrogens is 370 g/mol. The fourth-order valence-electron chi connectivity index (χ4n) is 2.45. The van der Waals surface area contributed by atoms with Crippen molar-refractivity contribution in [2.24, 2.45) is 11.8 Å². The van der Waals surface area contributed by atoms with Crippen molar-refractivity contribution < 1.29 is 4.79 Å². The molecule has 1 aromatic heterocycles. The third-order valence-corrected chi connectivity index (χ3v) is 5.09. The van der Waals surface area contributed by atoms with Crippen molar-refractivity contribution in [1.82, 2.24) is 14.9 Å². The lowest BCUT2D eigenvalue weighted by Crippen LogP contribution is -2.34. The van der Waals surface area contributed by atoms with E-state index in [0.717, 1.165) is 0 Å². The number of rotatable bonds is 7. The van der Waals surface area contributed by atoms with E-state index in [1.807, 2.05) is 20.8 Å². The Morgan fingerprint density at radius 2 is 1.92 bits per heavy atom. The molecule has 1 atom stereocenters. The Labute approximate surface area is 163 Å². The van der Waals surface area contributed by atoms with Gasteiger partial charge in [0, 0.05) is 18.1 Å². The van der Waals surface area contributed by atoms with Gasteiger partial charge in [0.15, 0.2) is 5.16 Å². The van der Waals surface area contributed by atoms with Gasteiger partial charge in [0.25, 0.3) is 5.56 Å². The topological polar surface area (TPSA) is 64.0 Å². The molecule has 1 aromatic carbocycles. The summed E-state index contributed by atoms with van der Waals surface area (Å²) in [5, 5.41) is 4.15. The molecule has 26 heavy (non-hydrogen) atoms. The summed E-state index contributed by atoms with van der Waals surface area (Å²) in [6.07, 6.45) is 0. The molecule has 2 rings (SSSR count). The van der Waals surface area contributed by atoms with Gasteiger partial charge in [-0.25, -0.2) is 4.98 Å². The first-order chi connectivity index (χ1) is 12.2. The molecule has 2 aromatic rings. The number of nitrogens with one attached hydrogen (secondary N) is 1. The van der Waals surface area contributed by atoms with Crippen LogP contribution < -0.4 is 10.9 Å². The van der Waals surface area contributed by atoms with E-state index in [-0.39, 0.29) is 22.6 Å². The van der Waals surface area contributed by atoms with E-state index in [2.05, 4.69) is 24.1 Å². The number of thioether (sulfide) groups is 1. The summed E-state index contributed by atoms with van der Waals surface area (Å²) < 4.78 is 1.65. The molecule has 1 N–H and O–H groups in total. The number of aromatic nitrogens is 2. The zero-order valence-electron chi connectivity index (χ0n) is 15.9. The molecule has 0 saturated carbocycles. The molecule has 0 bridgehead atoms. The number of benzene rings is 1. The van der Waals surface area contributed by atoms with Crippen LogP contribution in [0.3, 0.4) is 0 Å². The highest BCUT2D eigenvalue weighted by molar-refractivity contribution is 8.00. The summed E-state index contributed by atoms with van der Waals surface area (Å²) in [6, 6.07) is 5.11. The third-order valence-electron chi connectivity index (χ3n) is 3.76. The van der Waals surface area contributed by atoms with E-state index in [9.17, 15) is 9.59 Å². The van der Waals surface area contributed by atoms with Crippen LogP contribution in [-0.2, 0) is 11.3 Å². The standard InChI is InChI=1S/C19H26ClN3O2S/c1-11(2)9-21-17(24)13(5)26-19-22-16-7-6-14(20)8-15(16)18(25)23(19)10-12(3)4/h6-8,11-13H,9-10H2,1-5H3,(H,21,24)/t13-/m0/s1. The zero-order valence-corrected chi connectivity index (χ0v) is 17.4. The van der Waals surface area contributed by atoms with E-state index in [4.69, 9.17) is 11.6 Å². The van der Waals surface area contributed by atoms with Crippen molar-refractivity contribution in [2.75, 3.05) is 6.54 Å². The number of fused-ring (bicyclic) bond motifs is 1. The molecule has 1 heterocycles. The fraction of sp³-hybridized carbons (Fsp3) is 0.526. The maximum Gasteiger partial charge on any atom is 0.262 e. The van der Waals surface area contributed by atoms with Crippen LogP contribution in [0.15, 0.2) is 28.2 Å². The first kappa shape index (κ1) is 20.8. The maximum absolute atomic E-state index is 13.0. The second-order valence-electron chi connectivity index (χ2n) is 7.26. The predicted octanol–water partition coefficient (Wildman–Crippen LogP) is 3.96. The summed E-state index contributed by atoms with van der Waals surface area (Å²) >= 11 is 7.35. The summed E-state index contributed by atoms with van der Waals surface area (Å²) in [5.41, 5.74) is 0.472. The van der Waals surface area contributed by atoms with Crippen molar-refractivity contribution in [3.05, 3.63) is 33.6 Å². The van der Waals surface area contributed by atoms with E-state index in [0.29, 0.717) is 40.1 Å². The maximum atomic E-state index is 13.0. The molecule has 7 heteroatoms. The number of hydrogen-bond acceptors (Lipinski definition) is 4. The predicted molar refractivity (Wildman–Crippen MR) is 109 cm³/mol. The molecule has 1 amide bonds. The highest BCUT2D eigenvalue weighted by Gasteiger charge is 2.20. The van der Waals surface area contributed by atoms with Gasteiger partial charge in [0.2, 0.25) is 5.91 Å². The second-order valence-corrected chi connectivity index (χ2v) is 9.01. The van der Waals surface area contributed by atoms with Crippen LogP contribution in [0.1, 0.15) is 34.6 Å². The van der Waals surface area contributed by atoms with Crippen LogP contribution in [-0.4, -0.2) is 27.3 Å². The molecule has 0 fully saturated rings. The fourth-order valence-corrected chi connectivity index (χ4v) is 3.56. The molecule has 0 radical (unpaired) electrons. The van der Waals surface area contributed by atoms with Crippen LogP contribution in [0.4, 0.5) is 0 Å². The minimum atomic E-state index is -0.344. The largest absolute Gasteiger partial charge is 0.355 e. The van der Waals surface area contributed by atoms with Crippen molar-refractivity contribution in [3.63, 3.8) is 0 Å². The Kier molecular flexibility index (Phi) is 7.12. The minimum Gasteiger partial charge on any atom is -0.355 e. The Bertz CT molecular complexity index is 849. The van der Waals surface area contributed by atoms with Crippen molar-refractivity contribution in [3.8, 4) is 0 Å². The number of amides is 1. The van der Waals surface area contributed by atoms with Crippen molar-refractivity contribution >= 4 is 40.2 Å². The molecule has 5 nitrogen and oxygen atoms in total. The first-order valence-corrected chi connectivity index (χ1v) is 10.1. The number of carbonyl (C=O) groups excluding carboxylic acids is 1. The van der Waals surface area contributed by atoms with Gasteiger partial charge in [-0.2, -0.15) is 0 Å². The normalized spacial score (nSPS) is 12.8. The molecular formula is C19H26ClN3O2S. The molecule has 142 valence electrons. The van der Waals surface area contributed by atoms with Crippen LogP contribution in [0.25, 0.3) is 10.9 Å². The number of hydrogen-bond donors (Lipinski definition) is 1. The summed E-state index contributed by atoms with van der Waals surface area (Å²) in [6.45, 7) is 11.2. The summed E-state index contributed by atoms with van der Waals surface area (Å²) in [4.78, 5) is 29.9. The zero-order chi connectivity index (χ0) is 19.4. The summed E-state index contributed by atoms with van der Waals surface area (Å²) in [7, 11) is 0. The lowest BCUT2D eigenvalue weighted by atomic mass is 10.2. The lowest BCUT2D eigenvalue weighted by molar-refractivity contribution is -0.120. The first-order valence-electron chi connectivity index (χ1n) is 8.83. The number of nitrogens with zero attached hydrogens (tertiary/aromatic N) is 2. The second kappa shape index (κ2) is 8.91. The van der Waals surface area contributed by atoms with E-state index in [1.54, 1.807) is 22.8 Å². The number of carbonyl (C=O) groups is 1. The molecule has 0 spiro atoms. The van der Waals surface area contributed by atoms with Gasteiger partial charge in [0.05, 0.1) is 16.2 Å². The SMILES string of the molecule is CC(C)CNC(=O)[C@H](C)Sc1nc2ccc(Cl)cc2c(=O)n1CC(C)C. The number of halogens is 1. The molecule has 0 saturated heterocycles. The summed E-state index contributed by atoms with van der Waals surface area (Å²) in [5.74, 6) is 0.611. The quantitative estimate of drug-likeness (QED) is 0.569. The highest BCUT2D eigenvalue weighted by atomic mass is 35.5. The Morgan fingerprint density at radius 1 is 1.23 bits per heavy atom. The minimum absolute atomic E-state index is 0.0507. The highest BCUT2D eigenvalue weighted by Crippen LogP contribution is 2.24. The molecule has 0 unspecified atom stereocenters. The van der Waals surface area contributed by atoms with Crippen molar-refractivity contribution in [1.29, 1.82) is 0 Å². The van der Waals surface area contributed by atoms with Crippen LogP contribution in [0.5, 0.6) is 0 Å². The van der Waals surface area contributed by atoms with E-state index >= 15 is 0 Å². The van der Waals surface area contributed by atoms with Crippen LogP contribution in [0.2, 0.25) is 5.02 Å². The lowest BCUT2D eigenvalue weighted by Gasteiger charge is -2.18. The molecule has 0 aliphatic heterocycles. The van der Waals surface area contributed by atoms with Crippen LogP contribution >= 0.6 is 23.4 Å². The van der Waals surface area contributed by atoms with E-state index < -0.39 is 0 Å². The Hall–Kier alpha value is -1.53. The van der Waals surface area contributed by atoms with Gasteiger partial charge in [-0.05, 0) is 37.0 Å². The Balaban J connectivity index is 2.39. The molecule has 0 aliphatic rings. The van der Waals surface area contributed by atoms with Gasteiger partial charge in [-0.3, -0.25) is 14.2 Å². The average Bonchev–Trinajstić information content (AvgIpc) is 2.56. The van der Waals surface area contributed by atoms with Gasteiger partial charge in [-0.15, -0.1) is 0 Å². The monoisotopic (exact) mass is 395 g/mol. The van der Waals surface area contributed by atoms with Gasteiger partial charge in [-0.1, -0.05) is 51.1 Å². The van der Waals surface area contributed by atoms with Gasteiger partial charge in [0.1, 0.15) is 0 Å².